The molecule has 1 spiro atoms. The molecular formula is C36H38N8O6. The van der Waals surface area contributed by atoms with E-state index in [0.29, 0.717) is 30.0 Å². The van der Waals surface area contributed by atoms with E-state index in [0.717, 1.165) is 16.7 Å². The van der Waals surface area contributed by atoms with Crippen LogP contribution >= 0.6 is 0 Å². The number of H-pyrrole nitrogens is 1. The molecule has 14 nitrogen and oxygen atoms in total. The summed E-state index contributed by atoms with van der Waals surface area (Å²) in [6, 6.07) is 19.7. The van der Waals surface area contributed by atoms with Gasteiger partial charge in [0.15, 0.2) is 5.82 Å². The highest BCUT2D eigenvalue weighted by Gasteiger charge is 2.51. The molecule has 3 aliphatic rings. The van der Waals surface area contributed by atoms with Crippen LogP contribution in [0.1, 0.15) is 41.3 Å². The summed E-state index contributed by atoms with van der Waals surface area (Å²) in [4.78, 5) is 71.4. The Morgan fingerprint density at radius 3 is 2.32 bits per heavy atom. The summed E-state index contributed by atoms with van der Waals surface area (Å²) in [5.41, 5.74) is 1.51. The van der Waals surface area contributed by atoms with Gasteiger partial charge >= 0.3 is 0 Å². The number of nitrogens with zero attached hydrogens (tertiary/aromatic N) is 2. The van der Waals surface area contributed by atoms with Crippen LogP contribution in [0.15, 0.2) is 85.2 Å². The van der Waals surface area contributed by atoms with Crippen LogP contribution in [-0.4, -0.2) is 81.5 Å². The van der Waals surface area contributed by atoms with Crippen molar-refractivity contribution in [2.45, 2.75) is 56.3 Å². The Hall–Kier alpha value is -6.05. The molecule has 2 bridgehead atoms. The van der Waals surface area contributed by atoms with Crippen molar-refractivity contribution in [3.8, 4) is 17.1 Å². The molecular weight excluding hydrogens is 640 g/mol. The van der Waals surface area contributed by atoms with Gasteiger partial charge in [-0.05, 0) is 55.2 Å². The third-order valence-corrected chi connectivity index (χ3v) is 8.69. The second-order valence-corrected chi connectivity index (χ2v) is 12.4. The summed E-state index contributed by atoms with van der Waals surface area (Å²) in [5, 5.41) is 20.6. The Bertz CT molecular complexity index is 1830. The maximum atomic E-state index is 13.7. The van der Waals surface area contributed by atoms with Crippen molar-refractivity contribution in [3.63, 3.8) is 0 Å². The van der Waals surface area contributed by atoms with Gasteiger partial charge < -0.3 is 31.3 Å². The number of nitrogens with one attached hydrogen (secondary N) is 6. The zero-order valence-electron chi connectivity index (χ0n) is 27.4. The topological polar surface area (TPSA) is 196 Å². The predicted octanol–water partition coefficient (Wildman–Crippen LogP) is 1.20. The predicted molar refractivity (Wildman–Crippen MR) is 182 cm³/mol. The van der Waals surface area contributed by atoms with Gasteiger partial charge in [-0.2, -0.15) is 5.10 Å². The van der Waals surface area contributed by atoms with Gasteiger partial charge in [-0.15, -0.1) is 0 Å². The van der Waals surface area contributed by atoms with Crippen molar-refractivity contribution in [2.24, 2.45) is 0 Å². The van der Waals surface area contributed by atoms with Gasteiger partial charge in [0.2, 0.25) is 23.6 Å². The van der Waals surface area contributed by atoms with Gasteiger partial charge in [0.25, 0.3) is 5.91 Å². The molecule has 50 heavy (non-hydrogen) atoms. The summed E-state index contributed by atoms with van der Waals surface area (Å²) in [6.45, 7) is 1.91. The van der Waals surface area contributed by atoms with Crippen LogP contribution in [0.2, 0.25) is 0 Å². The summed E-state index contributed by atoms with van der Waals surface area (Å²) >= 11 is 0. The van der Waals surface area contributed by atoms with E-state index in [4.69, 9.17) is 4.74 Å². The first-order valence-electron chi connectivity index (χ1n) is 16.4. The highest BCUT2D eigenvalue weighted by Crippen LogP contribution is 2.35. The maximum absolute atomic E-state index is 13.7. The maximum Gasteiger partial charge on any atom is 0.251 e. The SMILES string of the molecule is C[C@@H]1NC(=O)[C@@H](NC(=O)c2ccc(-c3ncn[nH]3)cc2)Cc2ccc(cc2)OCCNC(=O)C2(CC2)NC(=O)[C@@H](Cc2ccccc2)NC1=O. The number of fused-ring (bicyclic) bond motifs is 15. The van der Waals surface area contributed by atoms with Crippen LogP contribution in [0.25, 0.3) is 11.4 Å². The van der Waals surface area contributed by atoms with Gasteiger partial charge in [-0.1, -0.05) is 54.6 Å². The van der Waals surface area contributed by atoms with E-state index >= 15 is 0 Å². The highest BCUT2D eigenvalue weighted by atomic mass is 16.5. The number of carbonyl (C=O) groups is 5. The number of hydrogen-bond donors (Lipinski definition) is 6. The molecule has 1 saturated carbocycles. The Morgan fingerprint density at radius 2 is 1.64 bits per heavy atom. The van der Waals surface area contributed by atoms with Crippen molar-refractivity contribution in [2.75, 3.05) is 13.2 Å². The fourth-order valence-corrected chi connectivity index (χ4v) is 5.63. The minimum Gasteiger partial charge on any atom is -0.492 e. The standard InChI is InChI=1S/C36H38N8O6/c1-22-31(45)41-29(19-23-5-3-2-4-6-23)34(48)43-36(15-16-36)35(49)37-17-18-50-27-13-7-24(8-14-27)20-28(33(47)40-22)42-32(46)26-11-9-25(10-12-26)30-38-21-39-44-30/h2-14,21-22,28-29H,15-20H2,1H3,(H,37,49)(H,40,47)(H,41,45)(H,42,46)(H,43,48)(H,38,39,44)/t22-,28-,29+/m0/s1. The lowest BCUT2D eigenvalue weighted by atomic mass is 10.0. The second-order valence-electron chi connectivity index (χ2n) is 12.4. The number of carbonyl (C=O) groups excluding carboxylic acids is 5. The number of aromatic amines is 1. The van der Waals surface area contributed by atoms with Gasteiger partial charge in [-0.3, -0.25) is 29.1 Å². The van der Waals surface area contributed by atoms with Gasteiger partial charge in [0.05, 0.1) is 6.54 Å². The number of hydrogen-bond acceptors (Lipinski definition) is 8. The fraction of sp³-hybridized carbons (Fsp3) is 0.306. The normalized spacial score (nSPS) is 21.2. The lowest BCUT2D eigenvalue weighted by molar-refractivity contribution is -0.134. The minimum atomic E-state index is -1.08. The van der Waals surface area contributed by atoms with Crippen LogP contribution < -0.4 is 31.3 Å². The summed E-state index contributed by atoms with van der Waals surface area (Å²) in [6.07, 6.45) is 2.58. The minimum absolute atomic E-state index is 0.111. The van der Waals surface area contributed by atoms with E-state index in [2.05, 4.69) is 41.8 Å². The molecule has 1 aliphatic carbocycles. The summed E-state index contributed by atoms with van der Waals surface area (Å²) < 4.78 is 5.81. The quantitative estimate of drug-likeness (QED) is 0.169. The van der Waals surface area contributed by atoms with Crippen molar-refractivity contribution in [3.05, 3.63) is 102 Å². The number of rotatable bonds is 5. The molecule has 3 heterocycles. The van der Waals surface area contributed by atoms with Crippen LogP contribution in [-0.2, 0) is 32.0 Å². The van der Waals surface area contributed by atoms with E-state index in [1.807, 2.05) is 30.3 Å². The molecule has 4 aromatic rings. The molecule has 2 aliphatic heterocycles. The average Bonchev–Trinajstić information content (AvgIpc) is 3.69. The molecule has 1 aromatic heterocycles. The third kappa shape index (κ3) is 8.32. The molecule has 1 fully saturated rings. The number of ether oxygens (including phenoxy) is 1. The van der Waals surface area contributed by atoms with Crippen LogP contribution in [0.5, 0.6) is 5.75 Å². The number of aromatic nitrogens is 3. The Morgan fingerprint density at radius 1 is 0.900 bits per heavy atom. The molecule has 7 rings (SSSR count). The molecule has 6 N–H and O–H groups in total. The molecule has 5 amide bonds. The monoisotopic (exact) mass is 678 g/mol. The van der Waals surface area contributed by atoms with E-state index in [9.17, 15) is 24.0 Å². The van der Waals surface area contributed by atoms with Gasteiger partial charge in [0.1, 0.15) is 42.3 Å². The van der Waals surface area contributed by atoms with Crippen LogP contribution in [0, 0.1) is 0 Å². The van der Waals surface area contributed by atoms with E-state index < -0.39 is 47.3 Å². The van der Waals surface area contributed by atoms with Crippen molar-refractivity contribution in [1.29, 1.82) is 0 Å². The fourth-order valence-electron chi connectivity index (χ4n) is 5.63. The van der Waals surface area contributed by atoms with Gasteiger partial charge in [0, 0.05) is 24.0 Å². The first kappa shape index (κ1) is 33.8. The first-order chi connectivity index (χ1) is 24.2. The third-order valence-electron chi connectivity index (χ3n) is 8.69. The Labute approximate surface area is 288 Å². The molecule has 0 radical (unpaired) electrons. The largest absolute Gasteiger partial charge is 0.492 e. The van der Waals surface area contributed by atoms with E-state index in [1.54, 1.807) is 48.5 Å². The highest BCUT2D eigenvalue weighted by molar-refractivity contribution is 6.00. The summed E-state index contributed by atoms with van der Waals surface area (Å²) in [7, 11) is 0. The van der Waals surface area contributed by atoms with Crippen molar-refractivity contribution < 1.29 is 28.7 Å². The Balaban J connectivity index is 1.22. The van der Waals surface area contributed by atoms with E-state index in [1.165, 1.54) is 13.3 Å². The first-order valence-corrected chi connectivity index (χ1v) is 16.4. The average molecular weight is 679 g/mol. The molecule has 14 heteroatoms. The molecule has 258 valence electrons. The lowest BCUT2D eigenvalue weighted by Gasteiger charge is -2.25. The van der Waals surface area contributed by atoms with Gasteiger partial charge in [-0.25, -0.2) is 4.98 Å². The second kappa shape index (κ2) is 15.0. The van der Waals surface area contributed by atoms with E-state index in [-0.39, 0.29) is 31.9 Å². The number of benzene rings is 3. The molecule has 0 saturated heterocycles. The molecule has 0 unspecified atom stereocenters. The number of amides is 5. The van der Waals surface area contributed by atoms with Crippen LogP contribution in [0.3, 0.4) is 0 Å². The Kier molecular flexibility index (Phi) is 10.2. The zero-order valence-corrected chi connectivity index (χ0v) is 27.4. The summed E-state index contributed by atoms with van der Waals surface area (Å²) in [5.74, 6) is -1.42. The van der Waals surface area contributed by atoms with Crippen LogP contribution in [0.4, 0.5) is 0 Å². The van der Waals surface area contributed by atoms with Crippen molar-refractivity contribution in [1.82, 2.24) is 41.8 Å². The lowest BCUT2D eigenvalue weighted by Crippen LogP contribution is -2.59. The van der Waals surface area contributed by atoms with Crippen molar-refractivity contribution >= 4 is 29.5 Å². The molecule has 3 atom stereocenters. The smallest absolute Gasteiger partial charge is 0.251 e. The molecule has 3 aromatic carbocycles. The zero-order chi connectivity index (χ0) is 35.1.